The highest BCUT2D eigenvalue weighted by atomic mass is 35.5. The Morgan fingerprint density at radius 1 is 1.29 bits per heavy atom. The van der Waals surface area contributed by atoms with E-state index >= 15 is 0 Å². The lowest BCUT2D eigenvalue weighted by Gasteiger charge is -2.20. The van der Waals surface area contributed by atoms with Gasteiger partial charge in [-0.1, -0.05) is 29.8 Å². The van der Waals surface area contributed by atoms with Crippen molar-refractivity contribution in [2.45, 2.75) is 13.5 Å². The van der Waals surface area contributed by atoms with E-state index in [1.165, 1.54) is 23.2 Å². The minimum atomic E-state index is -0.703. The van der Waals surface area contributed by atoms with Crippen LogP contribution in [-0.4, -0.2) is 22.8 Å². The number of pyridine rings is 1. The summed E-state index contributed by atoms with van der Waals surface area (Å²) in [4.78, 5) is 16.7. The Hall–Kier alpha value is -1.98. The molecule has 0 aliphatic heterocycles. The van der Waals surface area contributed by atoms with Crippen LogP contribution in [0.4, 0.5) is 8.78 Å². The van der Waals surface area contributed by atoms with Crippen molar-refractivity contribution in [3.05, 3.63) is 69.5 Å². The molecule has 0 fully saturated rings. The molecule has 126 valence electrons. The van der Waals surface area contributed by atoms with Gasteiger partial charge in [0.15, 0.2) is 0 Å². The summed E-state index contributed by atoms with van der Waals surface area (Å²) in [5, 5.41) is 0.674. The minimum Gasteiger partial charge on any atom is -0.337 e. The largest absolute Gasteiger partial charge is 0.337 e. The topological polar surface area (TPSA) is 33.2 Å². The number of nitrogens with zero attached hydrogens (tertiary/aromatic N) is 2. The zero-order valence-corrected chi connectivity index (χ0v) is 14.3. The molecule has 7 heteroatoms. The van der Waals surface area contributed by atoms with Gasteiger partial charge in [-0.2, -0.15) is 0 Å². The van der Waals surface area contributed by atoms with E-state index in [0.29, 0.717) is 38.8 Å². The fraction of sp³-hybridized carbons (Fsp3) is 0.176. The van der Waals surface area contributed by atoms with Gasteiger partial charge in [-0.15, -0.1) is 0 Å². The first-order chi connectivity index (χ1) is 11.3. The summed E-state index contributed by atoms with van der Waals surface area (Å²) in [5.41, 5.74) is 1.92. The van der Waals surface area contributed by atoms with E-state index in [4.69, 9.17) is 23.2 Å². The molecule has 1 aromatic heterocycles. The first-order valence-corrected chi connectivity index (χ1v) is 7.70. The molecule has 3 nitrogen and oxygen atoms in total. The molecular formula is C17H14Cl2F2N2O. The number of amides is 1. The van der Waals surface area contributed by atoms with Gasteiger partial charge in [0.1, 0.15) is 11.6 Å². The molecule has 0 atom stereocenters. The molecule has 0 saturated heterocycles. The van der Waals surface area contributed by atoms with E-state index in [1.807, 2.05) is 0 Å². The maximum Gasteiger partial charge on any atom is 0.210 e. The third kappa shape index (κ3) is 4.30. The Balaban J connectivity index is 2.20. The van der Waals surface area contributed by atoms with Crippen LogP contribution in [0.1, 0.15) is 16.8 Å². The van der Waals surface area contributed by atoms with Crippen LogP contribution in [0.2, 0.25) is 10.0 Å². The van der Waals surface area contributed by atoms with Crippen LogP contribution in [-0.2, 0) is 11.3 Å². The van der Waals surface area contributed by atoms with Crippen molar-refractivity contribution in [2.75, 3.05) is 6.54 Å². The molecule has 0 saturated carbocycles. The maximum atomic E-state index is 13.3. The number of hydrogen-bond donors (Lipinski definition) is 0. The lowest BCUT2D eigenvalue weighted by molar-refractivity contribution is -0.118. The number of aromatic nitrogens is 1. The molecule has 0 unspecified atom stereocenters. The SMILES string of the molecule is C=C(CN(C=O)Cc1cc(F)cc(F)c1)c1c(Cl)cnc(C)c1Cl. The third-order valence-corrected chi connectivity index (χ3v) is 4.10. The Morgan fingerprint density at radius 2 is 1.92 bits per heavy atom. The zero-order valence-electron chi connectivity index (χ0n) is 12.8. The molecule has 1 heterocycles. The summed E-state index contributed by atoms with van der Waals surface area (Å²) < 4.78 is 26.5. The van der Waals surface area contributed by atoms with Crippen LogP contribution in [0, 0.1) is 18.6 Å². The molecule has 0 radical (unpaired) electrons. The number of benzene rings is 1. The standard InChI is InChI=1S/C17H14Cl2F2N2O/c1-10(16-15(18)6-22-11(2)17(16)19)7-23(9-24)8-12-3-13(20)5-14(21)4-12/h3-6,9H,1,7-8H2,2H3. The van der Waals surface area contributed by atoms with Crippen molar-refractivity contribution < 1.29 is 13.6 Å². The molecule has 0 aliphatic rings. The summed E-state index contributed by atoms with van der Waals surface area (Å²) in [7, 11) is 0. The molecular weight excluding hydrogens is 357 g/mol. The first-order valence-electron chi connectivity index (χ1n) is 6.95. The van der Waals surface area contributed by atoms with Crippen LogP contribution < -0.4 is 0 Å². The second-order valence-corrected chi connectivity index (χ2v) is 6.06. The maximum absolute atomic E-state index is 13.3. The highest BCUT2D eigenvalue weighted by Crippen LogP contribution is 2.32. The fourth-order valence-electron chi connectivity index (χ4n) is 2.28. The van der Waals surface area contributed by atoms with Crippen molar-refractivity contribution in [1.82, 2.24) is 9.88 Å². The van der Waals surface area contributed by atoms with Gasteiger partial charge in [0.05, 0.1) is 15.7 Å². The van der Waals surface area contributed by atoms with Crippen LogP contribution in [0.15, 0.2) is 31.0 Å². The average molecular weight is 371 g/mol. The van der Waals surface area contributed by atoms with E-state index in [0.717, 1.165) is 6.07 Å². The lowest BCUT2D eigenvalue weighted by atomic mass is 10.1. The van der Waals surface area contributed by atoms with E-state index < -0.39 is 11.6 Å². The van der Waals surface area contributed by atoms with Crippen LogP contribution in [0.25, 0.3) is 5.57 Å². The Labute approximate surface area is 148 Å². The number of aryl methyl sites for hydroxylation is 1. The summed E-state index contributed by atoms with van der Waals surface area (Å²) in [6.07, 6.45) is 2.03. The van der Waals surface area contributed by atoms with Gasteiger partial charge in [0.2, 0.25) is 6.41 Å². The first kappa shape index (κ1) is 18.4. The Morgan fingerprint density at radius 3 is 2.50 bits per heavy atom. The summed E-state index contributed by atoms with van der Waals surface area (Å²) in [5.74, 6) is -1.41. The van der Waals surface area contributed by atoms with E-state index in [-0.39, 0.29) is 13.1 Å². The van der Waals surface area contributed by atoms with Gasteiger partial charge in [-0.3, -0.25) is 9.78 Å². The van der Waals surface area contributed by atoms with Crippen molar-refractivity contribution in [3.8, 4) is 0 Å². The molecule has 24 heavy (non-hydrogen) atoms. The molecule has 1 amide bonds. The van der Waals surface area contributed by atoms with E-state index in [2.05, 4.69) is 11.6 Å². The van der Waals surface area contributed by atoms with Crippen molar-refractivity contribution in [1.29, 1.82) is 0 Å². The van der Waals surface area contributed by atoms with Gasteiger partial charge in [-0.05, 0) is 30.2 Å². The molecule has 0 aliphatic carbocycles. The van der Waals surface area contributed by atoms with Crippen molar-refractivity contribution in [3.63, 3.8) is 0 Å². The lowest BCUT2D eigenvalue weighted by Crippen LogP contribution is -2.23. The summed E-state index contributed by atoms with van der Waals surface area (Å²) in [6, 6.07) is 3.10. The number of hydrogen-bond acceptors (Lipinski definition) is 2. The second-order valence-electron chi connectivity index (χ2n) is 5.27. The predicted molar refractivity (Wildman–Crippen MR) is 90.9 cm³/mol. The van der Waals surface area contributed by atoms with Crippen molar-refractivity contribution in [2.24, 2.45) is 0 Å². The van der Waals surface area contributed by atoms with E-state index in [1.54, 1.807) is 6.92 Å². The number of halogens is 4. The highest BCUT2D eigenvalue weighted by Gasteiger charge is 2.15. The molecule has 0 N–H and O–H groups in total. The number of carbonyl (C=O) groups is 1. The van der Waals surface area contributed by atoms with Gasteiger partial charge in [0.25, 0.3) is 0 Å². The second kappa shape index (κ2) is 7.73. The quantitative estimate of drug-likeness (QED) is 0.693. The fourth-order valence-corrected chi connectivity index (χ4v) is 2.89. The normalized spacial score (nSPS) is 10.5. The number of carbonyl (C=O) groups excluding carboxylic acids is 1. The highest BCUT2D eigenvalue weighted by molar-refractivity contribution is 6.37. The molecule has 0 spiro atoms. The van der Waals surface area contributed by atoms with Gasteiger partial charge >= 0.3 is 0 Å². The van der Waals surface area contributed by atoms with Crippen molar-refractivity contribution >= 4 is 35.2 Å². The van der Waals surface area contributed by atoms with Gasteiger partial charge in [0, 0.05) is 30.9 Å². The predicted octanol–water partition coefficient (Wildman–Crippen LogP) is 4.65. The van der Waals surface area contributed by atoms with Crippen LogP contribution in [0.3, 0.4) is 0 Å². The van der Waals surface area contributed by atoms with Gasteiger partial charge in [-0.25, -0.2) is 8.78 Å². The smallest absolute Gasteiger partial charge is 0.210 e. The molecule has 1 aromatic carbocycles. The molecule has 2 aromatic rings. The van der Waals surface area contributed by atoms with E-state index in [9.17, 15) is 13.6 Å². The molecule has 2 rings (SSSR count). The zero-order chi connectivity index (χ0) is 17.9. The van der Waals surface area contributed by atoms with Crippen LogP contribution in [0.5, 0.6) is 0 Å². The Kier molecular flexibility index (Phi) is 5.91. The monoisotopic (exact) mass is 370 g/mol. The molecule has 0 bridgehead atoms. The summed E-state index contributed by atoms with van der Waals surface area (Å²) in [6.45, 7) is 5.76. The summed E-state index contributed by atoms with van der Waals surface area (Å²) >= 11 is 12.3. The average Bonchev–Trinajstić information content (AvgIpc) is 2.49. The minimum absolute atomic E-state index is 0.0243. The third-order valence-electron chi connectivity index (χ3n) is 3.35. The van der Waals surface area contributed by atoms with Crippen LogP contribution >= 0.6 is 23.2 Å². The van der Waals surface area contributed by atoms with Gasteiger partial charge < -0.3 is 4.90 Å². The Bertz CT molecular complexity index is 776. The number of rotatable bonds is 6.